The van der Waals surface area contributed by atoms with Gasteiger partial charge in [-0.2, -0.15) is 0 Å². The van der Waals surface area contributed by atoms with Crippen LogP contribution in [0.15, 0.2) is 18.2 Å². The summed E-state index contributed by atoms with van der Waals surface area (Å²) in [5, 5.41) is 16.8. The molecule has 0 aliphatic carbocycles. The monoisotopic (exact) mass is 500 g/mol. The van der Waals surface area contributed by atoms with Gasteiger partial charge >= 0.3 is 0 Å². The van der Waals surface area contributed by atoms with Crippen molar-refractivity contribution in [1.82, 2.24) is 15.2 Å². The lowest BCUT2D eigenvalue weighted by molar-refractivity contribution is -0.110. The molecule has 0 radical (unpaired) electrons. The number of β-amino-alcohol motifs (C(OH)–C–C–N with tert-alkyl or cyclic N) is 1. The number of carbonyl (C=O) groups excluding carboxylic acids is 2. The van der Waals surface area contributed by atoms with Crippen LogP contribution in [0.5, 0.6) is 0 Å². The van der Waals surface area contributed by atoms with Crippen molar-refractivity contribution in [1.29, 1.82) is 0 Å². The highest BCUT2D eigenvalue weighted by Crippen LogP contribution is 2.39. The van der Waals surface area contributed by atoms with Gasteiger partial charge in [-0.1, -0.05) is 11.6 Å². The highest BCUT2D eigenvalue weighted by Gasteiger charge is 2.29. The van der Waals surface area contributed by atoms with Gasteiger partial charge in [0.05, 0.1) is 29.4 Å². The van der Waals surface area contributed by atoms with Gasteiger partial charge in [0.1, 0.15) is 0 Å². The van der Waals surface area contributed by atoms with Crippen LogP contribution in [0, 0.1) is 13.8 Å². The van der Waals surface area contributed by atoms with Crippen molar-refractivity contribution in [3.63, 3.8) is 0 Å². The molecule has 0 spiro atoms. The Bertz CT molecular complexity index is 1180. The van der Waals surface area contributed by atoms with E-state index in [1.54, 1.807) is 18.2 Å². The molecule has 188 valence electrons. The number of halogens is 1. The Morgan fingerprint density at radius 1 is 1.29 bits per heavy atom. The van der Waals surface area contributed by atoms with E-state index in [0.29, 0.717) is 34.1 Å². The van der Waals surface area contributed by atoms with Crippen LogP contribution in [-0.2, 0) is 9.53 Å². The third kappa shape index (κ3) is 5.30. The maximum atomic E-state index is 13.1. The van der Waals surface area contributed by atoms with Crippen LogP contribution < -0.4 is 10.6 Å². The molecule has 4 N–H and O–H groups in total. The summed E-state index contributed by atoms with van der Waals surface area (Å²) in [6, 6.07) is 5.29. The number of carbonyl (C=O) groups is 2. The molecule has 2 aliphatic rings. The Morgan fingerprint density at radius 3 is 2.66 bits per heavy atom. The number of amides is 2. The van der Waals surface area contributed by atoms with Crippen molar-refractivity contribution in [2.24, 2.45) is 0 Å². The molecule has 2 aromatic rings. The van der Waals surface area contributed by atoms with Gasteiger partial charge in [-0.25, -0.2) is 0 Å². The Morgan fingerprint density at radius 2 is 1.97 bits per heavy atom. The van der Waals surface area contributed by atoms with Crippen LogP contribution in [0.2, 0.25) is 5.02 Å². The third-order valence-corrected chi connectivity index (χ3v) is 6.84. The molecule has 35 heavy (non-hydrogen) atoms. The smallest absolute Gasteiger partial charge is 0.256 e. The molecule has 1 aromatic carbocycles. The highest BCUT2D eigenvalue weighted by molar-refractivity contribution is 6.38. The van der Waals surface area contributed by atoms with Crippen molar-refractivity contribution in [2.75, 3.05) is 31.5 Å². The lowest BCUT2D eigenvalue weighted by Gasteiger charge is -2.36. The summed E-state index contributed by atoms with van der Waals surface area (Å²) in [6.07, 6.45) is -0.458. The topological polar surface area (TPSA) is 107 Å². The lowest BCUT2D eigenvalue weighted by Crippen LogP contribution is -2.49. The van der Waals surface area contributed by atoms with Crippen LogP contribution >= 0.6 is 11.6 Å². The van der Waals surface area contributed by atoms with E-state index >= 15 is 0 Å². The molecular formula is C26H33ClN4O4. The molecule has 2 aliphatic heterocycles. The normalized spacial score (nSPS) is 22.5. The summed E-state index contributed by atoms with van der Waals surface area (Å²) in [7, 11) is 0. The number of anilines is 1. The number of H-pyrrole nitrogens is 1. The predicted octanol–water partition coefficient (Wildman–Crippen LogP) is 3.37. The van der Waals surface area contributed by atoms with E-state index in [-0.39, 0.29) is 30.6 Å². The number of aryl methyl sites for hydroxylation is 1. The quantitative estimate of drug-likeness (QED) is 0.455. The zero-order chi connectivity index (χ0) is 25.4. The summed E-state index contributed by atoms with van der Waals surface area (Å²) in [5.41, 5.74) is 5.41. The number of fused-ring (bicyclic) bond motifs is 1. The Labute approximate surface area is 210 Å². The average molecular weight is 501 g/mol. The number of aromatic amines is 1. The number of aliphatic hydroxyl groups is 1. The second kappa shape index (κ2) is 10.1. The minimum atomic E-state index is -0.692. The zero-order valence-electron chi connectivity index (χ0n) is 20.8. The minimum Gasteiger partial charge on any atom is -0.390 e. The van der Waals surface area contributed by atoms with Gasteiger partial charge in [-0.05, 0) is 64.0 Å². The lowest BCUT2D eigenvalue weighted by atomic mass is 9.97. The first-order valence-electron chi connectivity index (χ1n) is 11.9. The molecule has 1 fully saturated rings. The average Bonchev–Trinajstić information content (AvgIpc) is 3.25. The maximum Gasteiger partial charge on any atom is 0.256 e. The maximum absolute atomic E-state index is 13.1. The fourth-order valence-electron chi connectivity index (χ4n) is 5.20. The number of hydrogen-bond donors (Lipinski definition) is 4. The van der Waals surface area contributed by atoms with Crippen LogP contribution in [0.1, 0.15) is 53.6 Å². The Balaban J connectivity index is 1.49. The number of rotatable bonds is 6. The fourth-order valence-corrected chi connectivity index (χ4v) is 5.37. The highest BCUT2D eigenvalue weighted by atomic mass is 35.5. The third-order valence-electron chi connectivity index (χ3n) is 6.60. The number of benzene rings is 1. The number of aromatic nitrogens is 1. The number of nitrogens with zero attached hydrogens (tertiary/aromatic N) is 1. The first-order chi connectivity index (χ1) is 16.5. The number of aliphatic hydroxyl groups excluding tert-OH is 1. The van der Waals surface area contributed by atoms with E-state index in [1.165, 1.54) is 0 Å². The van der Waals surface area contributed by atoms with Crippen LogP contribution in [0.4, 0.5) is 5.69 Å². The second-order valence-electron chi connectivity index (χ2n) is 9.61. The number of allylic oxidation sites excluding steroid dienone is 1. The molecule has 3 heterocycles. The van der Waals surface area contributed by atoms with Gasteiger partial charge in [0.25, 0.3) is 11.8 Å². The van der Waals surface area contributed by atoms with Crippen molar-refractivity contribution < 1.29 is 19.4 Å². The summed E-state index contributed by atoms with van der Waals surface area (Å²) in [4.78, 5) is 31.2. The molecule has 9 heteroatoms. The fraction of sp³-hybridized carbons (Fsp3) is 0.462. The van der Waals surface area contributed by atoms with E-state index < -0.39 is 6.10 Å². The largest absolute Gasteiger partial charge is 0.390 e. The first-order valence-corrected chi connectivity index (χ1v) is 12.3. The van der Waals surface area contributed by atoms with Gasteiger partial charge in [0.2, 0.25) is 0 Å². The second-order valence-corrected chi connectivity index (χ2v) is 10.0. The molecule has 2 amide bonds. The Kier molecular flexibility index (Phi) is 7.38. The number of morpholine rings is 1. The summed E-state index contributed by atoms with van der Waals surface area (Å²) < 4.78 is 5.74. The molecule has 8 nitrogen and oxygen atoms in total. The van der Waals surface area contributed by atoms with Crippen molar-refractivity contribution in [3.05, 3.63) is 51.3 Å². The molecule has 4 rings (SSSR count). The van der Waals surface area contributed by atoms with Gasteiger partial charge in [-0.15, -0.1) is 0 Å². The van der Waals surface area contributed by atoms with Gasteiger partial charge in [-0.3, -0.25) is 14.5 Å². The van der Waals surface area contributed by atoms with Gasteiger partial charge in [0, 0.05) is 53.8 Å². The molecule has 0 saturated carbocycles. The summed E-state index contributed by atoms with van der Waals surface area (Å²) in [6.45, 7) is 11.7. The van der Waals surface area contributed by atoms with Gasteiger partial charge in [0.15, 0.2) is 0 Å². The standard InChI is InChI=1S/C26H33ClN4O4/c1-13-10-31(11-14(2)35-13)12-19(32)9-28-25(33)22-15(3)24(29-17(22)5)16(4)23-20-8-18(27)6-7-21(20)30-26(23)34/h6-8,13-14,19,29,32H,9-12H2,1-5H3,(H,28,33)(H,30,34)/b23-16-. The first kappa shape index (κ1) is 25.4. The van der Waals surface area contributed by atoms with E-state index in [0.717, 1.165) is 35.5 Å². The molecule has 3 unspecified atom stereocenters. The van der Waals surface area contributed by atoms with Crippen molar-refractivity contribution in [2.45, 2.75) is 52.9 Å². The molecule has 3 atom stereocenters. The van der Waals surface area contributed by atoms with Crippen LogP contribution in [0.3, 0.4) is 0 Å². The number of ether oxygens (including phenoxy) is 1. The van der Waals surface area contributed by atoms with Gasteiger partial charge < -0.3 is 25.5 Å². The SMILES string of the molecule is C/C(=C1/C(=O)Nc2ccc(Cl)cc21)c1[nH]c(C)c(C(=O)NCC(O)CN2CC(C)OC(C)C2)c1C. The summed E-state index contributed by atoms with van der Waals surface area (Å²) in [5.74, 6) is -0.463. The van der Waals surface area contributed by atoms with E-state index in [9.17, 15) is 14.7 Å². The van der Waals surface area contributed by atoms with E-state index in [1.807, 2.05) is 34.6 Å². The minimum absolute atomic E-state index is 0.117. The van der Waals surface area contributed by atoms with E-state index in [4.69, 9.17) is 16.3 Å². The number of nitrogens with one attached hydrogen (secondary N) is 3. The molecular weight excluding hydrogens is 468 g/mol. The van der Waals surface area contributed by atoms with Crippen molar-refractivity contribution in [3.8, 4) is 0 Å². The predicted molar refractivity (Wildman–Crippen MR) is 138 cm³/mol. The Hall–Kier alpha value is -2.65. The van der Waals surface area contributed by atoms with Crippen LogP contribution in [0.25, 0.3) is 11.1 Å². The zero-order valence-corrected chi connectivity index (χ0v) is 21.5. The number of hydrogen-bond acceptors (Lipinski definition) is 5. The van der Waals surface area contributed by atoms with Crippen LogP contribution in [-0.4, -0.2) is 71.3 Å². The van der Waals surface area contributed by atoms with E-state index in [2.05, 4.69) is 20.5 Å². The van der Waals surface area contributed by atoms with Crippen molar-refractivity contribution >= 4 is 40.2 Å². The molecule has 1 saturated heterocycles. The summed E-state index contributed by atoms with van der Waals surface area (Å²) >= 11 is 6.17. The molecule has 0 bridgehead atoms. The molecule has 1 aromatic heterocycles.